The lowest BCUT2D eigenvalue weighted by Crippen LogP contribution is -2.31. The summed E-state index contributed by atoms with van der Waals surface area (Å²) in [6.45, 7) is 0.663. The van der Waals surface area contributed by atoms with Crippen molar-refractivity contribution in [1.82, 2.24) is 4.90 Å². The zero-order valence-electron chi connectivity index (χ0n) is 12.2. The third-order valence-electron chi connectivity index (χ3n) is 4.62. The third-order valence-corrected chi connectivity index (χ3v) is 4.62. The summed E-state index contributed by atoms with van der Waals surface area (Å²) in [5.41, 5.74) is 0.0268. The molecule has 124 valence electrons. The van der Waals surface area contributed by atoms with Crippen LogP contribution in [0.5, 0.6) is 0 Å². The van der Waals surface area contributed by atoms with E-state index in [0.717, 1.165) is 17.7 Å². The van der Waals surface area contributed by atoms with Gasteiger partial charge >= 0.3 is 12.1 Å². The Morgan fingerprint density at radius 1 is 1.17 bits per heavy atom. The van der Waals surface area contributed by atoms with Gasteiger partial charge in [-0.25, -0.2) is 0 Å². The van der Waals surface area contributed by atoms with Crippen LogP contribution in [0.4, 0.5) is 13.2 Å². The molecule has 0 aromatic heterocycles. The van der Waals surface area contributed by atoms with E-state index in [0.29, 0.717) is 19.4 Å². The minimum atomic E-state index is -4.36. The van der Waals surface area contributed by atoms with Gasteiger partial charge in [-0.2, -0.15) is 13.2 Å². The van der Waals surface area contributed by atoms with E-state index in [9.17, 15) is 22.8 Å². The number of alkyl halides is 3. The maximum absolute atomic E-state index is 12.5. The maximum Gasteiger partial charge on any atom is 0.416 e. The number of halogens is 3. The summed E-state index contributed by atoms with van der Waals surface area (Å²) >= 11 is 0. The Labute approximate surface area is 130 Å². The molecule has 1 aliphatic carbocycles. The molecule has 1 saturated heterocycles. The van der Waals surface area contributed by atoms with Crippen LogP contribution >= 0.6 is 0 Å². The Bertz CT molecular complexity index is 626. The molecular formula is C16H16F3NO3. The van der Waals surface area contributed by atoms with Gasteiger partial charge in [0.1, 0.15) is 0 Å². The van der Waals surface area contributed by atoms with Crippen LogP contribution in [-0.4, -0.2) is 35.0 Å². The minimum absolute atomic E-state index is 0.0614. The number of carboxylic acids is 1. The first-order valence-corrected chi connectivity index (χ1v) is 7.46. The highest BCUT2D eigenvalue weighted by Crippen LogP contribution is 2.49. The highest BCUT2D eigenvalue weighted by Gasteiger charge is 2.47. The standard InChI is InChI=1S/C16H16F3NO3/c17-16(18,19)11-3-1-9(2-4-11)12-7-13(12)14(21)20-6-5-10(8-20)15(22)23/h1-4,10,12-13H,5-8H2,(H,22,23)/t10-,12-,13+/m1/s1. The van der Waals surface area contributed by atoms with Gasteiger partial charge in [0.05, 0.1) is 11.5 Å². The van der Waals surface area contributed by atoms with E-state index in [1.165, 1.54) is 12.1 Å². The molecule has 1 aromatic carbocycles. The first kappa shape index (κ1) is 15.8. The zero-order valence-corrected chi connectivity index (χ0v) is 12.2. The van der Waals surface area contributed by atoms with Crippen LogP contribution in [0.15, 0.2) is 24.3 Å². The summed E-state index contributed by atoms with van der Waals surface area (Å²) in [5, 5.41) is 8.96. The number of benzene rings is 1. The van der Waals surface area contributed by atoms with E-state index in [2.05, 4.69) is 0 Å². The van der Waals surface area contributed by atoms with Gasteiger partial charge < -0.3 is 10.0 Å². The number of carbonyl (C=O) groups is 2. The lowest BCUT2D eigenvalue weighted by Gasteiger charge is -2.15. The molecule has 1 aromatic rings. The first-order chi connectivity index (χ1) is 10.8. The van der Waals surface area contributed by atoms with Crippen molar-refractivity contribution >= 4 is 11.9 Å². The van der Waals surface area contributed by atoms with Crippen LogP contribution in [-0.2, 0) is 15.8 Å². The molecule has 0 radical (unpaired) electrons. The second-order valence-electron chi connectivity index (χ2n) is 6.18. The van der Waals surface area contributed by atoms with Gasteiger partial charge in [-0.05, 0) is 36.5 Å². The Kier molecular flexibility index (Phi) is 3.82. The lowest BCUT2D eigenvalue weighted by atomic mass is 10.1. The molecule has 7 heteroatoms. The van der Waals surface area contributed by atoms with Gasteiger partial charge in [-0.15, -0.1) is 0 Å². The van der Waals surface area contributed by atoms with Crippen molar-refractivity contribution in [2.45, 2.75) is 24.9 Å². The molecule has 3 rings (SSSR count). The summed E-state index contributed by atoms with van der Waals surface area (Å²) in [7, 11) is 0. The van der Waals surface area contributed by atoms with Crippen LogP contribution in [0.1, 0.15) is 29.9 Å². The summed E-state index contributed by atoms with van der Waals surface area (Å²) in [6.07, 6.45) is -3.30. The SMILES string of the molecule is O=C(O)[C@@H]1CCN(C(=O)[C@H]2C[C@@H]2c2ccc(C(F)(F)F)cc2)C1. The number of hydrogen-bond donors (Lipinski definition) is 1. The third kappa shape index (κ3) is 3.18. The average molecular weight is 327 g/mol. The number of aliphatic carboxylic acids is 1. The number of rotatable bonds is 3. The van der Waals surface area contributed by atoms with Crippen molar-refractivity contribution in [2.24, 2.45) is 11.8 Å². The highest BCUT2D eigenvalue weighted by molar-refractivity contribution is 5.84. The predicted octanol–water partition coefficient (Wildman–Crippen LogP) is 2.74. The topological polar surface area (TPSA) is 57.6 Å². The Balaban J connectivity index is 1.61. The van der Waals surface area contributed by atoms with Crippen molar-refractivity contribution < 1.29 is 27.9 Å². The molecule has 23 heavy (non-hydrogen) atoms. The molecule has 2 aliphatic rings. The molecule has 1 N–H and O–H groups in total. The van der Waals surface area contributed by atoms with Gasteiger partial charge in [0.2, 0.25) is 5.91 Å². The summed E-state index contributed by atoms with van der Waals surface area (Å²) < 4.78 is 37.6. The monoisotopic (exact) mass is 327 g/mol. The molecule has 0 spiro atoms. The van der Waals surface area contributed by atoms with Crippen LogP contribution in [0.2, 0.25) is 0 Å². The number of hydrogen-bond acceptors (Lipinski definition) is 2. The summed E-state index contributed by atoms with van der Waals surface area (Å²) in [6, 6.07) is 4.91. The van der Waals surface area contributed by atoms with E-state index in [4.69, 9.17) is 5.11 Å². The van der Waals surface area contributed by atoms with E-state index in [1.807, 2.05) is 0 Å². The average Bonchev–Trinajstić information content (AvgIpc) is 3.13. The predicted molar refractivity (Wildman–Crippen MR) is 74.6 cm³/mol. The van der Waals surface area contributed by atoms with Crippen LogP contribution < -0.4 is 0 Å². The quantitative estimate of drug-likeness (QED) is 0.929. The van der Waals surface area contributed by atoms with Crippen molar-refractivity contribution in [1.29, 1.82) is 0 Å². The number of likely N-dealkylation sites (tertiary alicyclic amines) is 1. The molecule has 1 heterocycles. The Morgan fingerprint density at radius 3 is 2.35 bits per heavy atom. The van der Waals surface area contributed by atoms with Gasteiger partial charge in [-0.1, -0.05) is 12.1 Å². The lowest BCUT2D eigenvalue weighted by molar-refractivity contribution is -0.141. The van der Waals surface area contributed by atoms with Crippen LogP contribution in [0, 0.1) is 11.8 Å². The molecule has 0 unspecified atom stereocenters. The summed E-state index contributed by atoms with van der Waals surface area (Å²) in [5.74, 6) is -1.79. The molecular weight excluding hydrogens is 311 g/mol. The van der Waals surface area contributed by atoms with Gasteiger partial charge in [0.25, 0.3) is 0 Å². The molecule has 2 fully saturated rings. The highest BCUT2D eigenvalue weighted by atomic mass is 19.4. The van der Waals surface area contributed by atoms with Crippen molar-refractivity contribution in [3.05, 3.63) is 35.4 Å². The van der Waals surface area contributed by atoms with Gasteiger partial charge in [-0.3, -0.25) is 9.59 Å². The molecule has 1 aliphatic heterocycles. The van der Waals surface area contributed by atoms with Crippen molar-refractivity contribution in [3.8, 4) is 0 Å². The van der Waals surface area contributed by atoms with Crippen LogP contribution in [0.3, 0.4) is 0 Å². The maximum atomic E-state index is 12.5. The van der Waals surface area contributed by atoms with Crippen LogP contribution in [0.25, 0.3) is 0 Å². The smallest absolute Gasteiger partial charge is 0.416 e. The molecule has 0 bridgehead atoms. The number of carboxylic acid groups (broad SMARTS) is 1. The zero-order chi connectivity index (χ0) is 16.8. The van der Waals surface area contributed by atoms with Crippen molar-refractivity contribution in [2.75, 3.05) is 13.1 Å². The Hall–Kier alpha value is -2.05. The second kappa shape index (κ2) is 5.54. The van der Waals surface area contributed by atoms with E-state index in [-0.39, 0.29) is 24.3 Å². The fourth-order valence-electron chi connectivity index (χ4n) is 3.15. The first-order valence-electron chi connectivity index (χ1n) is 7.46. The van der Waals surface area contributed by atoms with Gasteiger partial charge in [0.15, 0.2) is 0 Å². The fraction of sp³-hybridized carbons (Fsp3) is 0.500. The number of amides is 1. The number of nitrogens with zero attached hydrogens (tertiary/aromatic N) is 1. The Morgan fingerprint density at radius 2 is 1.83 bits per heavy atom. The minimum Gasteiger partial charge on any atom is -0.481 e. The van der Waals surface area contributed by atoms with E-state index >= 15 is 0 Å². The van der Waals surface area contributed by atoms with Crippen molar-refractivity contribution in [3.63, 3.8) is 0 Å². The number of carbonyl (C=O) groups excluding carboxylic acids is 1. The van der Waals surface area contributed by atoms with E-state index < -0.39 is 23.6 Å². The fourth-order valence-corrected chi connectivity index (χ4v) is 3.15. The molecule has 4 nitrogen and oxygen atoms in total. The molecule has 3 atom stereocenters. The second-order valence-corrected chi connectivity index (χ2v) is 6.18. The molecule has 1 amide bonds. The van der Waals surface area contributed by atoms with Gasteiger partial charge in [0, 0.05) is 19.0 Å². The summed E-state index contributed by atoms with van der Waals surface area (Å²) in [4.78, 5) is 24.8. The normalized spacial score (nSPS) is 27.1. The van der Waals surface area contributed by atoms with E-state index in [1.54, 1.807) is 4.90 Å². The molecule has 1 saturated carbocycles. The largest absolute Gasteiger partial charge is 0.481 e.